The molecule has 3 aliphatic heterocycles. The first-order chi connectivity index (χ1) is 14.6. The Labute approximate surface area is 176 Å². The highest BCUT2D eigenvalue weighted by Crippen LogP contribution is 2.39. The number of amides is 2. The third-order valence-corrected chi connectivity index (χ3v) is 6.31. The number of ether oxygens (including phenoxy) is 2. The van der Waals surface area contributed by atoms with Gasteiger partial charge in [-0.05, 0) is 49.6 Å². The lowest BCUT2D eigenvalue weighted by atomic mass is 10.0. The summed E-state index contributed by atoms with van der Waals surface area (Å²) in [5.41, 5.74) is 3.09. The lowest BCUT2D eigenvalue weighted by Crippen LogP contribution is -2.37. The molecule has 30 heavy (non-hydrogen) atoms. The van der Waals surface area contributed by atoms with E-state index in [0.717, 1.165) is 47.7 Å². The normalized spacial score (nSPS) is 23.2. The molecule has 2 fully saturated rings. The van der Waals surface area contributed by atoms with Crippen LogP contribution >= 0.6 is 0 Å². The second kappa shape index (κ2) is 7.67. The maximum atomic E-state index is 13.4. The van der Waals surface area contributed by atoms with Crippen molar-refractivity contribution in [2.45, 2.75) is 32.2 Å². The molecule has 3 heterocycles. The standard InChI is InChI=1S/C24H26N2O4/c1-16-4-7-19(8-5-16)26-15-18(14-23(26)27)24(28)25-10-2-3-20(25)17-6-9-21-22(13-17)30-12-11-29-21/h4-9,13,18,20H,2-3,10-12,14-15H2,1H3/t18-,20-/m0/s1. The minimum Gasteiger partial charge on any atom is -0.486 e. The SMILES string of the molecule is Cc1ccc(N2C[C@@H](C(=O)N3CCC[C@H]3c3ccc4c(c3)OCCO4)CC2=O)cc1. The van der Waals surface area contributed by atoms with Gasteiger partial charge in [0.05, 0.1) is 12.0 Å². The van der Waals surface area contributed by atoms with Gasteiger partial charge in [0.25, 0.3) is 0 Å². The smallest absolute Gasteiger partial charge is 0.228 e. The monoisotopic (exact) mass is 406 g/mol. The van der Waals surface area contributed by atoms with Crippen LogP contribution in [-0.2, 0) is 9.59 Å². The van der Waals surface area contributed by atoms with Gasteiger partial charge in [-0.15, -0.1) is 0 Å². The highest BCUT2D eigenvalue weighted by Gasteiger charge is 2.40. The fraction of sp³-hybridized carbons (Fsp3) is 0.417. The van der Waals surface area contributed by atoms with Crippen molar-refractivity contribution < 1.29 is 19.1 Å². The van der Waals surface area contributed by atoms with E-state index in [1.54, 1.807) is 4.90 Å². The number of fused-ring (bicyclic) bond motifs is 1. The zero-order valence-corrected chi connectivity index (χ0v) is 17.2. The fourth-order valence-corrected chi connectivity index (χ4v) is 4.73. The molecule has 156 valence electrons. The Morgan fingerprint density at radius 2 is 1.80 bits per heavy atom. The van der Waals surface area contributed by atoms with Gasteiger partial charge in [0.2, 0.25) is 11.8 Å². The molecule has 0 unspecified atom stereocenters. The van der Waals surface area contributed by atoms with E-state index in [1.165, 1.54) is 0 Å². The van der Waals surface area contributed by atoms with Gasteiger partial charge in [-0.1, -0.05) is 23.8 Å². The predicted octanol–water partition coefficient (Wildman–Crippen LogP) is 3.48. The van der Waals surface area contributed by atoms with E-state index in [9.17, 15) is 9.59 Å². The van der Waals surface area contributed by atoms with E-state index in [0.29, 0.717) is 19.8 Å². The minimum atomic E-state index is -0.295. The summed E-state index contributed by atoms with van der Waals surface area (Å²) >= 11 is 0. The van der Waals surface area contributed by atoms with Crippen LogP contribution in [0.2, 0.25) is 0 Å². The van der Waals surface area contributed by atoms with Crippen LogP contribution in [0.3, 0.4) is 0 Å². The Kier molecular flexibility index (Phi) is 4.85. The number of hydrogen-bond donors (Lipinski definition) is 0. The molecule has 0 saturated carbocycles. The number of likely N-dealkylation sites (tertiary alicyclic amines) is 1. The van der Waals surface area contributed by atoms with Gasteiger partial charge >= 0.3 is 0 Å². The molecule has 6 heteroatoms. The molecule has 3 aliphatic rings. The Hall–Kier alpha value is -3.02. The number of rotatable bonds is 3. The Bertz CT molecular complexity index is 972. The fourth-order valence-electron chi connectivity index (χ4n) is 4.73. The number of hydrogen-bond acceptors (Lipinski definition) is 4. The Morgan fingerprint density at radius 3 is 2.60 bits per heavy atom. The molecule has 5 rings (SSSR count). The zero-order valence-electron chi connectivity index (χ0n) is 17.2. The molecule has 2 saturated heterocycles. The quantitative estimate of drug-likeness (QED) is 0.783. The van der Waals surface area contributed by atoms with Crippen LogP contribution in [0.5, 0.6) is 11.5 Å². The first-order valence-corrected chi connectivity index (χ1v) is 10.7. The van der Waals surface area contributed by atoms with Crippen molar-refractivity contribution >= 4 is 17.5 Å². The van der Waals surface area contributed by atoms with E-state index in [1.807, 2.05) is 54.3 Å². The van der Waals surface area contributed by atoms with Gasteiger partial charge in [-0.2, -0.15) is 0 Å². The third kappa shape index (κ3) is 3.40. The Balaban J connectivity index is 1.33. The number of aryl methyl sites for hydroxylation is 1. The lowest BCUT2D eigenvalue weighted by Gasteiger charge is -2.28. The van der Waals surface area contributed by atoms with Crippen molar-refractivity contribution in [3.05, 3.63) is 53.6 Å². The minimum absolute atomic E-state index is 0.0206. The summed E-state index contributed by atoms with van der Waals surface area (Å²) in [7, 11) is 0. The molecule has 0 aliphatic carbocycles. The first kappa shape index (κ1) is 19.0. The first-order valence-electron chi connectivity index (χ1n) is 10.7. The summed E-state index contributed by atoms with van der Waals surface area (Å²) in [6.07, 6.45) is 2.16. The molecule has 2 aromatic rings. The maximum absolute atomic E-state index is 13.4. The lowest BCUT2D eigenvalue weighted by molar-refractivity contribution is -0.136. The molecule has 2 aromatic carbocycles. The summed E-state index contributed by atoms with van der Waals surface area (Å²) < 4.78 is 11.3. The Morgan fingerprint density at radius 1 is 1.03 bits per heavy atom. The summed E-state index contributed by atoms with van der Waals surface area (Å²) in [5, 5.41) is 0. The average molecular weight is 406 g/mol. The van der Waals surface area contributed by atoms with Crippen molar-refractivity contribution in [3.63, 3.8) is 0 Å². The van der Waals surface area contributed by atoms with Crippen LogP contribution in [0.25, 0.3) is 0 Å². The predicted molar refractivity (Wildman–Crippen MR) is 113 cm³/mol. The molecule has 6 nitrogen and oxygen atoms in total. The molecule has 0 N–H and O–H groups in total. The maximum Gasteiger partial charge on any atom is 0.228 e. The van der Waals surface area contributed by atoms with Crippen molar-refractivity contribution in [2.24, 2.45) is 5.92 Å². The third-order valence-electron chi connectivity index (χ3n) is 6.31. The summed E-state index contributed by atoms with van der Waals surface area (Å²) in [5.74, 6) is 1.31. The van der Waals surface area contributed by atoms with Crippen LogP contribution in [0.1, 0.15) is 36.4 Å². The number of anilines is 1. The van der Waals surface area contributed by atoms with E-state index in [4.69, 9.17) is 9.47 Å². The molecule has 2 amide bonds. The highest BCUT2D eigenvalue weighted by atomic mass is 16.6. The van der Waals surface area contributed by atoms with Gasteiger partial charge < -0.3 is 19.3 Å². The van der Waals surface area contributed by atoms with Crippen molar-refractivity contribution in [1.82, 2.24) is 4.90 Å². The molecule has 0 spiro atoms. The van der Waals surface area contributed by atoms with Gasteiger partial charge in [0.15, 0.2) is 11.5 Å². The molecular formula is C24H26N2O4. The van der Waals surface area contributed by atoms with E-state index < -0.39 is 0 Å². The second-order valence-corrected chi connectivity index (χ2v) is 8.33. The number of benzene rings is 2. The van der Waals surface area contributed by atoms with Crippen molar-refractivity contribution in [1.29, 1.82) is 0 Å². The molecule has 0 aromatic heterocycles. The molecule has 0 bridgehead atoms. The molecule has 2 atom stereocenters. The van der Waals surface area contributed by atoms with Crippen LogP contribution in [-0.4, -0.2) is 43.0 Å². The number of carbonyl (C=O) groups excluding carboxylic acids is 2. The van der Waals surface area contributed by atoms with Crippen molar-refractivity contribution in [2.75, 3.05) is 31.2 Å². The average Bonchev–Trinajstić information content (AvgIpc) is 3.41. The molecule has 0 radical (unpaired) electrons. The van der Waals surface area contributed by atoms with Gasteiger partial charge in [0.1, 0.15) is 13.2 Å². The van der Waals surface area contributed by atoms with E-state index in [2.05, 4.69) is 0 Å². The van der Waals surface area contributed by atoms with Gasteiger partial charge in [-0.25, -0.2) is 0 Å². The zero-order chi connectivity index (χ0) is 20.7. The van der Waals surface area contributed by atoms with E-state index >= 15 is 0 Å². The van der Waals surface area contributed by atoms with Crippen LogP contribution in [0.15, 0.2) is 42.5 Å². The van der Waals surface area contributed by atoms with E-state index in [-0.39, 0.29) is 30.2 Å². The van der Waals surface area contributed by atoms with Crippen LogP contribution in [0.4, 0.5) is 5.69 Å². The number of carbonyl (C=O) groups is 2. The van der Waals surface area contributed by atoms with Crippen LogP contribution < -0.4 is 14.4 Å². The summed E-state index contributed by atoms with van der Waals surface area (Å²) in [4.78, 5) is 29.7. The second-order valence-electron chi connectivity index (χ2n) is 8.33. The largest absolute Gasteiger partial charge is 0.486 e. The highest BCUT2D eigenvalue weighted by molar-refractivity contribution is 6.00. The summed E-state index contributed by atoms with van der Waals surface area (Å²) in [6.45, 7) is 4.31. The number of nitrogens with zero attached hydrogens (tertiary/aromatic N) is 2. The van der Waals surface area contributed by atoms with Gasteiger partial charge in [-0.3, -0.25) is 9.59 Å². The molecular weight excluding hydrogens is 380 g/mol. The van der Waals surface area contributed by atoms with Crippen LogP contribution in [0, 0.1) is 12.8 Å². The van der Waals surface area contributed by atoms with Gasteiger partial charge in [0, 0.05) is 25.2 Å². The topological polar surface area (TPSA) is 59.1 Å². The van der Waals surface area contributed by atoms with Crippen molar-refractivity contribution in [3.8, 4) is 11.5 Å². The summed E-state index contributed by atoms with van der Waals surface area (Å²) in [6, 6.07) is 13.9.